The van der Waals surface area contributed by atoms with Crippen molar-refractivity contribution in [1.29, 1.82) is 0 Å². The van der Waals surface area contributed by atoms with Crippen molar-refractivity contribution in [2.45, 2.75) is 26.7 Å². The molecule has 200 valence electrons. The lowest BCUT2D eigenvalue weighted by molar-refractivity contribution is -0.154. The van der Waals surface area contributed by atoms with Gasteiger partial charge in [0.1, 0.15) is 5.75 Å². The van der Waals surface area contributed by atoms with Gasteiger partial charge in [-0.15, -0.1) is 11.3 Å². The number of pyridine rings is 1. The molecule has 7 nitrogen and oxygen atoms in total. The fraction of sp³-hybridized carbons (Fsp3) is 0.400. The summed E-state index contributed by atoms with van der Waals surface area (Å²) in [6.07, 6.45) is 2.11. The number of hydrogen-bond donors (Lipinski definition) is 0. The Labute approximate surface area is 227 Å². The largest absolute Gasteiger partial charge is 0.494 e. The summed E-state index contributed by atoms with van der Waals surface area (Å²) in [7, 11) is 0. The van der Waals surface area contributed by atoms with Gasteiger partial charge in [-0.05, 0) is 61.2 Å². The minimum atomic E-state index is -0.296. The van der Waals surface area contributed by atoms with Crippen LogP contribution in [-0.2, 0) is 9.53 Å². The number of benzene rings is 2. The van der Waals surface area contributed by atoms with Gasteiger partial charge in [-0.1, -0.05) is 19.9 Å². The molecule has 0 N–H and O–H groups in total. The van der Waals surface area contributed by atoms with Crippen LogP contribution in [0.15, 0.2) is 60.0 Å². The van der Waals surface area contributed by atoms with Gasteiger partial charge in [0.15, 0.2) is 0 Å². The molecule has 0 atom stereocenters. The van der Waals surface area contributed by atoms with E-state index in [4.69, 9.17) is 14.2 Å². The van der Waals surface area contributed by atoms with E-state index in [1.807, 2.05) is 35.6 Å². The summed E-state index contributed by atoms with van der Waals surface area (Å²) >= 11 is 1.81. The zero-order valence-corrected chi connectivity index (χ0v) is 22.9. The van der Waals surface area contributed by atoms with Crippen molar-refractivity contribution in [3.63, 3.8) is 0 Å². The number of nitrogens with zero attached hydrogens (tertiary/aromatic N) is 3. The molecule has 1 saturated heterocycles. The molecule has 8 heteroatoms. The van der Waals surface area contributed by atoms with E-state index in [1.54, 1.807) is 19.9 Å². The molecule has 38 heavy (non-hydrogen) atoms. The average Bonchev–Trinajstić information content (AvgIpc) is 3.42. The van der Waals surface area contributed by atoms with E-state index in [0.29, 0.717) is 12.5 Å². The van der Waals surface area contributed by atoms with Crippen LogP contribution < -0.4 is 14.4 Å². The van der Waals surface area contributed by atoms with Crippen LogP contribution in [0.4, 0.5) is 5.69 Å². The molecule has 0 spiro atoms. The summed E-state index contributed by atoms with van der Waals surface area (Å²) in [5.41, 5.74) is 2.15. The Morgan fingerprint density at radius 2 is 1.84 bits per heavy atom. The van der Waals surface area contributed by atoms with Crippen LogP contribution in [0.1, 0.15) is 26.7 Å². The molecule has 1 fully saturated rings. The van der Waals surface area contributed by atoms with E-state index in [9.17, 15) is 4.79 Å². The van der Waals surface area contributed by atoms with Gasteiger partial charge in [0.2, 0.25) is 12.7 Å². The molecule has 5 rings (SSSR count). The average molecular weight is 534 g/mol. The fourth-order valence-corrected chi connectivity index (χ4v) is 5.46. The van der Waals surface area contributed by atoms with Crippen LogP contribution >= 0.6 is 11.3 Å². The second-order valence-corrected chi connectivity index (χ2v) is 10.8. The van der Waals surface area contributed by atoms with Gasteiger partial charge >= 0.3 is 5.97 Å². The first kappa shape index (κ1) is 26.3. The predicted octanol–water partition coefficient (Wildman–Crippen LogP) is 5.97. The van der Waals surface area contributed by atoms with Crippen LogP contribution in [0, 0.1) is 5.92 Å². The molecule has 0 aliphatic carbocycles. The highest BCUT2D eigenvalue weighted by Gasteiger charge is 2.18. The number of esters is 1. The van der Waals surface area contributed by atoms with Crippen LogP contribution in [0.25, 0.3) is 21.0 Å². The third-order valence-electron chi connectivity index (χ3n) is 6.84. The summed E-state index contributed by atoms with van der Waals surface area (Å²) in [6, 6.07) is 18.5. The molecule has 0 bridgehead atoms. The molecule has 2 aromatic carbocycles. The Morgan fingerprint density at radius 3 is 2.68 bits per heavy atom. The summed E-state index contributed by atoms with van der Waals surface area (Å²) in [6.45, 7) is 9.53. The minimum absolute atomic E-state index is 0.147. The van der Waals surface area contributed by atoms with Gasteiger partial charge in [-0.2, -0.15) is 0 Å². The Balaban J connectivity index is 1.03. The lowest BCUT2D eigenvalue weighted by atomic mass is 10.2. The maximum Gasteiger partial charge on any atom is 0.311 e. The summed E-state index contributed by atoms with van der Waals surface area (Å²) in [4.78, 5) is 21.2. The molecule has 0 saturated carbocycles. The second-order valence-electron chi connectivity index (χ2n) is 9.88. The molecule has 1 aliphatic rings. The van der Waals surface area contributed by atoms with Gasteiger partial charge in [-0.25, -0.2) is 4.98 Å². The van der Waals surface area contributed by atoms with Crippen LogP contribution in [-0.4, -0.2) is 62.0 Å². The highest BCUT2D eigenvalue weighted by Crippen LogP contribution is 2.31. The van der Waals surface area contributed by atoms with Crippen molar-refractivity contribution >= 4 is 44.0 Å². The van der Waals surface area contributed by atoms with Crippen molar-refractivity contribution in [2.75, 3.05) is 51.0 Å². The Kier molecular flexibility index (Phi) is 8.61. The van der Waals surface area contributed by atoms with Crippen molar-refractivity contribution in [3.8, 4) is 11.6 Å². The van der Waals surface area contributed by atoms with Gasteiger partial charge in [0.25, 0.3) is 0 Å². The Morgan fingerprint density at radius 1 is 1.00 bits per heavy atom. The van der Waals surface area contributed by atoms with Crippen LogP contribution in [0.5, 0.6) is 11.6 Å². The molecule has 2 aromatic heterocycles. The smallest absolute Gasteiger partial charge is 0.311 e. The first-order valence-corrected chi connectivity index (χ1v) is 14.2. The number of hydrogen-bond acceptors (Lipinski definition) is 8. The van der Waals surface area contributed by atoms with Crippen molar-refractivity contribution in [1.82, 2.24) is 9.88 Å². The topological polar surface area (TPSA) is 64.1 Å². The first-order valence-electron chi connectivity index (χ1n) is 13.3. The quantitative estimate of drug-likeness (QED) is 0.134. The third-order valence-corrected chi connectivity index (χ3v) is 7.72. The number of ether oxygens (including phenoxy) is 3. The van der Waals surface area contributed by atoms with Crippen LogP contribution in [0.2, 0.25) is 0 Å². The number of rotatable bonds is 11. The number of piperazine rings is 1. The van der Waals surface area contributed by atoms with E-state index in [0.717, 1.165) is 62.2 Å². The monoisotopic (exact) mass is 533 g/mol. The minimum Gasteiger partial charge on any atom is -0.494 e. The zero-order valence-electron chi connectivity index (χ0n) is 22.1. The number of aromatic nitrogens is 1. The molecule has 1 aliphatic heterocycles. The maximum absolute atomic E-state index is 11.6. The highest BCUT2D eigenvalue weighted by molar-refractivity contribution is 7.17. The van der Waals surface area contributed by atoms with Crippen molar-refractivity contribution in [2.24, 2.45) is 5.92 Å². The molecule has 3 heterocycles. The van der Waals surface area contributed by atoms with Gasteiger partial charge in [0, 0.05) is 59.5 Å². The molecule has 0 unspecified atom stereocenters. The molecule has 4 aromatic rings. The fourth-order valence-electron chi connectivity index (χ4n) is 4.66. The second kappa shape index (κ2) is 12.5. The van der Waals surface area contributed by atoms with E-state index < -0.39 is 0 Å². The Bertz CT molecular complexity index is 1360. The lowest BCUT2D eigenvalue weighted by Gasteiger charge is -2.36. The van der Waals surface area contributed by atoms with E-state index in [1.165, 1.54) is 15.8 Å². The summed E-state index contributed by atoms with van der Waals surface area (Å²) < 4.78 is 17.9. The molecule has 0 radical (unpaired) electrons. The number of unbranched alkanes of at least 4 members (excludes halogenated alkanes) is 1. The third kappa shape index (κ3) is 6.55. The van der Waals surface area contributed by atoms with Gasteiger partial charge in [-0.3, -0.25) is 9.69 Å². The molecule has 0 amide bonds. The lowest BCUT2D eigenvalue weighted by Crippen LogP contribution is -2.46. The number of thiophene rings is 1. The predicted molar refractivity (Wildman–Crippen MR) is 153 cm³/mol. The van der Waals surface area contributed by atoms with Crippen molar-refractivity contribution < 1.29 is 19.0 Å². The van der Waals surface area contributed by atoms with Crippen molar-refractivity contribution in [3.05, 3.63) is 60.0 Å². The van der Waals surface area contributed by atoms with E-state index in [-0.39, 0.29) is 18.7 Å². The number of carbonyl (C=O) groups is 1. The standard InChI is InChI=1S/C30H35N3O4S/c1-22(2)30(34)37-21-36-29-11-9-23-8-10-24(20-26(23)31-29)35-18-4-3-13-32-14-16-33(17-15-32)27-6-5-7-28-25(27)12-19-38-28/h5-12,19-20,22H,3-4,13-18,21H2,1-2H3. The molecular formula is C30H35N3O4S. The normalized spacial score (nSPS) is 14.3. The van der Waals surface area contributed by atoms with Crippen LogP contribution in [0.3, 0.4) is 0 Å². The Hall–Kier alpha value is -3.36. The van der Waals surface area contributed by atoms with Gasteiger partial charge < -0.3 is 19.1 Å². The first-order chi connectivity index (χ1) is 18.6. The van der Waals surface area contributed by atoms with Gasteiger partial charge in [0.05, 0.1) is 18.0 Å². The SMILES string of the molecule is CC(C)C(=O)OCOc1ccc2ccc(OCCCCN3CCN(c4cccc5sccc45)CC3)cc2n1. The van der Waals surface area contributed by atoms with E-state index >= 15 is 0 Å². The maximum atomic E-state index is 11.6. The van der Waals surface area contributed by atoms with E-state index in [2.05, 4.69) is 44.4 Å². The highest BCUT2D eigenvalue weighted by atomic mass is 32.1. The molecular weight excluding hydrogens is 498 g/mol. The number of carbonyl (C=O) groups excluding carboxylic acids is 1. The summed E-state index contributed by atoms with van der Waals surface area (Å²) in [5, 5.41) is 4.56. The number of fused-ring (bicyclic) bond motifs is 2. The number of anilines is 1. The zero-order chi connectivity index (χ0) is 26.3. The summed E-state index contributed by atoms with van der Waals surface area (Å²) in [5.74, 6) is 0.726.